The van der Waals surface area contributed by atoms with Crippen molar-refractivity contribution in [3.05, 3.63) is 75.1 Å². The molecule has 0 bridgehead atoms. The summed E-state index contributed by atoms with van der Waals surface area (Å²) in [6.45, 7) is 0. The molecular formula is C23H20FIN2O4. The number of rotatable bonds is 5. The fraction of sp³-hybridized carbons (Fsp3) is 0.174. The number of ether oxygens (including phenoxy) is 3. The molecule has 0 spiro atoms. The van der Waals surface area contributed by atoms with Crippen LogP contribution >= 0.6 is 22.6 Å². The molecule has 1 amide bonds. The molecule has 6 nitrogen and oxygen atoms in total. The lowest BCUT2D eigenvalue weighted by molar-refractivity contribution is 0.0974. The van der Waals surface area contributed by atoms with Gasteiger partial charge in [0, 0.05) is 26.6 Å². The van der Waals surface area contributed by atoms with Crippen molar-refractivity contribution in [1.82, 2.24) is 0 Å². The molecule has 1 aliphatic rings. The van der Waals surface area contributed by atoms with Crippen molar-refractivity contribution in [3.63, 3.8) is 0 Å². The lowest BCUT2D eigenvalue weighted by atomic mass is 10.0. The van der Waals surface area contributed by atoms with Crippen LogP contribution in [0.3, 0.4) is 0 Å². The number of halogens is 2. The van der Waals surface area contributed by atoms with Gasteiger partial charge in [-0.3, -0.25) is 9.69 Å². The maximum absolute atomic E-state index is 14.1. The summed E-state index contributed by atoms with van der Waals surface area (Å²) in [6, 6.07) is 15.0. The molecule has 1 atom stereocenters. The van der Waals surface area contributed by atoms with Crippen LogP contribution in [-0.4, -0.2) is 27.2 Å². The van der Waals surface area contributed by atoms with E-state index in [-0.39, 0.29) is 5.91 Å². The number of nitrogens with zero attached hydrogens (tertiary/aromatic N) is 1. The number of fused-ring (bicyclic) bond motifs is 1. The van der Waals surface area contributed by atoms with E-state index in [4.69, 9.17) is 14.2 Å². The van der Waals surface area contributed by atoms with E-state index in [1.54, 1.807) is 30.3 Å². The minimum atomic E-state index is -0.670. The first-order valence-electron chi connectivity index (χ1n) is 9.42. The van der Waals surface area contributed by atoms with Crippen molar-refractivity contribution in [1.29, 1.82) is 0 Å². The zero-order valence-electron chi connectivity index (χ0n) is 17.1. The molecule has 160 valence electrons. The SMILES string of the molecule is COc1cc(OC)c([C@H]2Nc3ccc(I)cc3C(=O)N2c2cccc(F)c2)cc1OC. The number of hydrogen-bond donors (Lipinski definition) is 1. The molecule has 0 radical (unpaired) electrons. The number of methoxy groups -OCH3 is 3. The monoisotopic (exact) mass is 534 g/mol. The quantitative estimate of drug-likeness (QED) is 0.455. The summed E-state index contributed by atoms with van der Waals surface area (Å²) in [7, 11) is 4.61. The minimum Gasteiger partial charge on any atom is -0.496 e. The van der Waals surface area contributed by atoms with Crippen molar-refractivity contribution >= 4 is 39.9 Å². The van der Waals surface area contributed by atoms with E-state index >= 15 is 0 Å². The van der Waals surface area contributed by atoms with E-state index in [0.717, 1.165) is 3.57 Å². The third-order valence-corrected chi connectivity index (χ3v) is 5.77. The van der Waals surface area contributed by atoms with Gasteiger partial charge in [-0.05, 0) is 65.1 Å². The first-order valence-corrected chi connectivity index (χ1v) is 10.5. The average Bonchev–Trinajstić information content (AvgIpc) is 2.78. The summed E-state index contributed by atoms with van der Waals surface area (Å²) in [4.78, 5) is 15.1. The number of nitrogens with one attached hydrogen (secondary N) is 1. The molecule has 3 aromatic carbocycles. The number of hydrogen-bond acceptors (Lipinski definition) is 5. The van der Waals surface area contributed by atoms with Crippen LogP contribution in [-0.2, 0) is 0 Å². The summed E-state index contributed by atoms with van der Waals surface area (Å²) in [6.07, 6.45) is -0.670. The third-order valence-electron chi connectivity index (χ3n) is 5.10. The van der Waals surface area contributed by atoms with Crippen LogP contribution in [0.5, 0.6) is 17.2 Å². The van der Waals surface area contributed by atoms with Gasteiger partial charge in [0.15, 0.2) is 11.5 Å². The Morgan fingerprint density at radius 2 is 1.65 bits per heavy atom. The lowest BCUT2D eigenvalue weighted by Crippen LogP contribution is -2.43. The van der Waals surface area contributed by atoms with Gasteiger partial charge in [-0.2, -0.15) is 0 Å². The van der Waals surface area contributed by atoms with Gasteiger partial charge < -0.3 is 19.5 Å². The molecule has 0 aliphatic carbocycles. The van der Waals surface area contributed by atoms with Crippen molar-refractivity contribution in [3.8, 4) is 17.2 Å². The van der Waals surface area contributed by atoms with Crippen molar-refractivity contribution < 1.29 is 23.4 Å². The van der Waals surface area contributed by atoms with E-state index in [1.165, 1.54) is 38.4 Å². The molecule has 1 aliphatic heterocycles. The average molecular weight is 534 g/mol. The van der Waals surface area contributed by atoms with Crippen LogP contribution in [0.4, 0.5) is 15.8 Å². The highest BCUT2D eigenvalue weighted by molar-refractivity contribution is 14.1. The second-order valence-corrected chi connectivity index (χ2v) is 8.09. The van der Waals surface area contributed by atoms with Crippen LogP contribution in [0.1, 0.15) is 22.1 Å². The van der Waals surface area contributed by atoms with Gasteiger partial charge in [0.1, 0.15) is 17.7 Å². The number of carbonyl (C=O) groups is 1. The van der Waals surface area contributed by atoms with Crippen LogP contribution in [0.25, 0.3) is 0 Å². The summed E-state index contributed by atoms with van der Waals surface area (Å²) in [5, 5.41) is 3.41. The molecule has 0 saturated carbocycles. The molecule has 4 rings (SSSR count). The fourth-order valence-electron chi connectivity index (χ4n) is 3.65. The molecule has 0 saturated heterocycles. The molecule has 8 heteroatoms. The predicted octanol–water partition coefficient (Wildman–Crippen LogP) is 5.23. The number of carbonyl (C=O) groups excluding carboxylic acids is 1. The normalized spacial score (nSPS) is 15.2. The Hall–Kier alpha value is -3.01. The first-order chi connectivity index (χ1) is 15.0. The highest BCUT2D eigenvalue weighted by atomic mass is 127. The standard InChI is InChI=1S/C23H20FIN2O4/c1-29-19-12-21(31-3)20(30-2)11-17(19)22-26-18-8-7-14(25)10-16(18)23(28)27(22)15-6-4-5-13(24)9-15/h4-12,22,26H,1-3H3/t22-/m0/s1. The van der Waals surface area contributed by atoms with E-state index in [9.17, 15) is 9.18 Å². The summed E-state index contributed by atoms with van der Waals surface area (Å²) < 4.78 is 31.5. The highest BCUT2D eigenvalue weighted by Gasteiger charge is 2.36. The molecule has 1 heterocycles. The molecule has 3 aromatic rings. The van der Waals surface area contributed by atoms with Crippen LogP contribution in [0.2, 0.25) is 0 Å². The van der Waals surface area contributed by atoms with Crippen LogP contribution < -0.4 is 24.4 Å². The van der Waals surface area contributed by atoms with Gasteiger partial charge in [-0.25, -0.2) is 4.39 Å². The molecule has 0 fully saturated rings. The zero-order valence-corrected chi connectivity index (χ0v) is 19.3. The number of anilines is 2. The van der Waals surface area contributed by atoms with Gasteiger partial charge in [-0.1, -0.05) is 6.07 Å². The van der Waals surface area contributed by atoms with Gasteiger partial charge in [-0.15, -0.1) is 0 Å². The second kappa shape index (κ2) is 8.62. The number of amides is 1. The Balaban J connectivity index is 1.94. The van der Waals surface area contributed by atoms with Crippen molar-refractivity contribution in [2.75, 3.05) is 31.5 Å². The third kappa shape index (κ3) is 3.87. The smallest absolute Gasteiger partial charge is 0.262 e. The Labute approximate surface area is 193 Å². The van der Waals surface area contributed by atoms with E-state index in [1.807, 2.05) is 12.1 Å². The lowest BCUT2D eigenvalue weighted by Gasteiger charge is -2.38. The Morgan fingerprint density at radius 3 is 2.32 bits per heavy atom. The summed E-state index contributed by atoms with van der Waals surface area (Å²) in [5.74, 6) is 0.799. The predicted molar refractivity (Wildman–Crippen MR) is 125 cm³/mol. The second-order valence-electron chi connectivity index (χ2n) is 6.84. The fourth-order valence-corrected chi connectivity index (χ4v) is 4.14. The molecule has 1 N–H and O–H groups in total. The first kappa shape index (κ1) is 21.2. The zero-order chi connectivity index (χ0) is 22.1. The van der Waals surface area contributed by atoms with Gasteiger partial charge in [0.05, 0.1) is 26.9 Å². The largest absolute Gasteiger partial charge is 0.496 e. The maximum atomic E-state index is 14.1. The number of benzene rings is 3. The Kier molecular flexibility index (Phi) is 5.90. The Bertz CT molecular complexity index is 1150. The van der Waals surface area contributed by atoms with Gasteiger partial charge in [0.25, 0.3) is 5.91 Å². The van der Waals surface area contributed by atoms with Crippen LogP contribution in [0, 0.1) is 9.39 Å². The Morgan fingerprint density at radius 1 is 0.935 bits per heavy atom. The van der Waals surface area contributed by atoms with Crippen LogP contribution in [0.15, 0.2) is 54.6 Å². The molecule has 0 aromatic heterocycles. The van der Waals surface area contributed by atoms with E-state index < -0.39 is 12.0 Å². The van der Waals surface area contributed by atoms with Gasteiger partial charge >= 0.3 is 0 Å². The molecule has 31 heavy (non-hydrogen) atoms. The molecule has 0 unspecified atom stereocenters. The van der Waals surface area contributed by atoms with E-state index in [2.05, 4.69) is 27.9 Å². The molecular weight excluding hydrogens is 514 g/mol. The van der Waals surface area contributed by atoms with Crippen molar-refractivity contribution in [2.24, 2.45) is 0 Å². The maximum Gasteiger partial charge on any atom is 0.262 e. The summed E-state index contributed by atoms with van der Waals surface area (Å²) in [5.41, 5.74) is 2.25. The van der Waals surface area contributed by atoms with E-state index in [0.29, 0.717) is 39.8 Å². The van der Waals surface area contributed by atoms with Crippen molar-refractivity contribution in [2.45, 2.75) is 6.17 Å². The minimum absolute atomic E-state index is 0.250. The highest BCUT2D eigenvalue weighted by Crippen LogP contribution is 2.43. The van der Waals surface area contributed by atoms with Gasteiger partial charge in [0.2, 0.25) is 0 Å². The topological polar surface area (TPSA) is 60.0 Å². The summed E-state index contributed by atoms with van der Waals surface area (Å²) >= 11 is 2.16.